The van der Waals surface area contributed by atoms with Gasteiger partial charge < -0.3 is 18.9 Å². The Labute approximate surface area is 230 Å². The summed E-state index contributed by atoms with van der Waals surface area (Å²) >= 11 is 6.37. The van der Waals surface area contributed by atoms with E-state index in [9.17, 15) is 4.79 Å². The van der Waals surface area contributed by atoms with E-state index in [1.807, 2.05) is 19.2 Å². The predicted octanol–water partition coefficient (Wildman–Crippen LogP) is 4.17. The van der Waals surface area contributed by atoms with Crippen molar-refractivity contribution in [2.75, 3.05) is 32.3 Å². The second-order valence-corrected chi connectivity index (χ2v) is 11.1. The fourth-order valence-corrected chi connectivity index (χ4v) is 5.99. The lowest BCUT2D eigenvalue weighted by Crippen LogP contribution is -2.43. The third-order valence-corrected chi connectivity index (χ3v) is 8.26. The zero-order valence-corrected chi connectivity index (χ0v) is 23.0. The number of rotatable bonds is 7. The second kappa shape index (κ2) is 10.7. The Kier molecular flexibility index (Phi) is 7.13. The van der Waals surface area contributed by atoms with Gasteiger partial charge in [0.25, 0.3) is 0 Å². The fourth-order valence-electron chi connectivity index (χ4n) is 5.82. The van der Waals surface area contributed by atoms with Crippen LogP contribution in [0, 0.1) is 11.8 Å². The maximum atomic E-state index is 11.7. The Balaban J connectivity index is 1.56. The summed E-state index contributed by atoms with van der Waals surface area (Å²) in [5.74, 6) is 1.66. The topological polar surface area (TPSA) is 124 Å². The van der Waals surface area contributed by atoms with Gasteiger partial charge in [-0.25, -0.2) is 14.8 Å². The van der Waals surface area contributed by atoms with Gasteiger partial charge in [0.1, 0.15) is 11.8 Å². The first kappa shape index (κ1) is 26.0. The lowest BCUT2D eigenvalue weighted by atomic mass is 9.83. The molecule has 4 aromatic heterocycles. The molecule has 6 rings (SSSR count). The number of nitrogens with zero attached hydrogens (tertiary/aromatic N) is 6. The second-order valence-electron chi connectivity index (χ2n) is 10.7. The van der Waals surface area contributed by atoms with Crippen molar-refractivity contribution in [3.05, 3.63) is 40.1 Å². The van der Waals surface area contributed by atoms with Crippen molar-refractivity contribution in [1.82, 2.24) is 29.7 Å². The molecular weight excluding hydrogens is 522 g/mol. The minimum Gasteiger partial charge on any atom is -0.377 e. The molecule has 0 bridgehead atoms. The Morgan fingerprint density at radius 3 is 2.72 bits per heavy atom. The van der Waals surface area contributed by atoms with Crippen LogP contribution in [0.4, 0.5) is 5.95 Å². The van der Waals surface area contributed by atoms with Crippen LogP contribution in [-0.4, -0.2) is 69.2 Å². The number of pyridine rings is 2. The highest BCUT2D eigenvalue weighted by atomic mass is 35.5. The van der Waals surface area contributed by atoms with Gasteiger partial charge in [0, 0.05) is 38.7 Å². The van der Waals surface area contributed by atoms with Gasteiger partial charge in [-0.1, -0.05) is 36.5 Å². The number of methoxy groups -OCH3 is 1. The summed E-state index contributed by atoms with van der Waals surface area (Å²) in [5, 5.41) is 4.37. The number of imidazole rings is 1. The van der Waals surface area contributed by atoms with Gasteiger partial charge in [-0.2, -0.15) is 0 Å². The van der Waals surface area contributed by atoms with Crippen molar-refractivity contribution in [3.63, 3.8) is 0 Å². The van der Waals surface area contributed by atoms with Crippen molar-refractivity contribution >= 4 is 28.6 Å². The smallest absolute Gasteiger partial charge is 0.377 e. The Morgan fingerprint density at radius 2 is 2.00 bits per heavy atom. The molecule has 4 aromatic rings. The van der Waals surface area contributed by atoms with Gasteiger partial charge in [-0.3, -0.25) is 14.5 Å². The monoisotopic (exact) mass is 553 g/mol. The SMILES string of the molecule is CO[C@@H]1COC[C@H]1N(C)c1nc2cc(-c3noc(=O)[nH]3)nc(-c3cncc(Cl)c3)c2n1CC1CCC(C)CC1. The molecule has 0 aromatic carbocycles. The van der Waals surface area contributed by atoms with Gasteiger partial charge >= 0.3 is 5.76 Å². The van der Waals surface area contributed by atoms with E-state index in [0.29, 0.717) is 35.5 Å². The first-order valence-corrected chi connectivity index (χ1v) is 13.7. The van der Waals surface area contributed by atoms with Crippen LogP contribution in [-0.2, 0) is 16.0 Å². The summed E-state index contributed by atoms with van der Waals surface area (Å²) in [7, 11) is 3.75. The summed E-state index contributed by atoms with van der Waals surface area (Å²) in [5.41, 5.74) is 3.43. The van der Waals surface area contributed by atoms with E-state index in [-0.39, 0.29) is 18.0 Å². The molecule has 11 nitrogen and oxygen atoms in total. The van der Waals surface area contributed by atoms with Gasteiger partial charge in [-0.05, 0) is 36.8 Å². The van der Waals surface area contributed by atoms with Crippen LogP contribution in [0.3, 0.4) is 0 Å². The quantitative estimate of drug-likeness (QED) is 0.359. The van der Waals surface area contributed by atoms with E-state index < -0.39 is 5.76 Å². The summed E-state index contributed by atoms with van der Waals surface area (Å²) in [6, 6.07) is 3.67. The molecule has 2 aliphatic rings. The van der Waals surface area contributed by atoms with Gasteiger partial charge in [0.2, 0.25) is 11.8 Å². The molecule has 5 heterocycles. The molecule has 1 saturated carbocycles. The number of hydrogen-bond donors (Lipinski definition) is 1. The number of anilines is 1. The molecule has 2 fully saturated rings. The molecule has 12 heteroatoms. The molecule has 0 spiro atoms. The molecule has 1 aliphatic carbocycles. The highest BCUT2D eigenvalue weighted by Crippen LogP contribution is 2.37. The predicted molar refractivity (Wildman–Crippen MR) is 147 cm³/mol. The average molecular weight is 554 g/mol. The lowest BCUT2D eigenvalue weighted by Gasteiger charge is -2.31. The average Bonchev–Trinajstić information content (AvgIpc) is 3.68. The first-order valence-electron chi connectivity index (χ1n) is 13.3. The maximum Gasteiger partial charge on any atom is 0.439 e. The lowest BCUT2D eigenvalue weighted by molar-refractivity contribution is 0.0770. The Bertz CT molecular complexity index is 1520. The number of likely N-dealkylation sites (N-methyl/N-ethyl adjacent to an activating group) is 1. The number of hydrogen-bond acceptors (Lipinski definition) is 9. The first-order chi connectivity index (χ1) is 18.9. The fraction of sp³-hybridized carbons (Fsp3) is 0.519. The minimum absolute atomic E-state index is 0.00699. The van der Waals surface area contributed by atoms with Crippen molar-refractivity contribution in [3.8, 4) is 22.8 Å². The molecule has 0 amide bonds. The van der Waals surface area contributed by atoms with Gasteiger partial charge in [0.05, 0.1) is 41.0 Å². The number of H-pyrrole nitrogens is 1. The van der Waals surface area contributed by atoms with Crippen LogP contribution < -0.4 is 10.7 Å². The normalized spacial score (nSPS) is 23.5. The summed E-state index contributed by atoms with van der Waals surface area (Å²) in [4.78, 5) is 30.9. The molecular formula is C27H32ClN7O4. The van der Waals surface area contributed by atoms with Crippen LogP contribution in [0.1, 0.15) is 32.6 Å². The Hall–Kier alpha value is -3.28. The highest BCUT2D eigenvalue weighted by Gasteiger charge is 2.35. The van der Waals surface area contributed by atoms with Crippen LogP contribution in [0.5, 0.6) is 0 Å². The number of halogens is 1. The molecule has 206 valence electrons. The number of ether oxygens (including phenoxy) is 2. The molecule has 1 aliphatic heterocycles. The molecule has 0 radical (unpaired) electrons. The number of aromatic amines is 1. The van der Waals surface area contributed by atoms with E-state index in [4.69, 9.17) is 35.6 Å². The van der Waals surface area contributed by atoms with E-state index >= 15 is 0 Å². The van der Waals surface area contributed by atoms with E-state index in [2.05, 4.69) is 31.5 Å². The molecule has 39 heavy (non-hydrogen) atoms. The summed E-state index contributed by atoms with van der Waals surface area (Å²) in [6.07, 6.45) is 8.02. The van der Waals surface area contributed by atoms with Crippen molar-refractivity contribution in [2.24, 2.45) is 11.8 Å². The van der Waals surface area contributed by atoms with E-state index in [1.54, 1.807) is 19.5 Å². The van der Waals surface area contributed by atoms with Gasteiger partial charge in [-0.15, -0.1) is 0 Å². The number of fused-ring (bicyclic) bond motifs is 1. The molecule has 2 atom stereocenters. The standard InChI is InChI=1S/C27H32ClN7O4/c1-15-4-6-16(7-5-15)12-35-24-19(31-26(35)34(2)21-13-38-14-22(21)37-3)9-20(25-32-27(36)39-33-25)30-23(24)17-8-18(28)11-29-10-17/h8-11,15-16,21-22H,4-7,12-14H2,1-3H3,(H,32,33,36)/t15?,16?,21-,22-/m1/s1. The van der Waals surface area contributed by atoms with Crippen LogP contribution in [0.15, 0.2) is 33.8 Å². The van der Waals surface area contributed by atoms with E-state index in [1.165, 1.54) is 12.8 Å². The van der Waals surface area contributed by atoms with Crippen LogP contribution in [0.2, 0.25) is 5.02 Å². The third kappa shape index (κ3) is 5.06. The minimum atomic E-state index is -0.651. The third-order valence-electron chi connectivity index (χ3n) is 8.06. The largest absolute Gasteiger partial charge is 0.439 e. The van der Waals surface area contributed by atoms with Crippen LogP contribution >= 0.6 is 11.6 Å². The van der Waals surface area contributed by atoms with Crippen molar-refractivity contribution < 1.29 is 14.0 Å². The van der Waals surface area contributed by atoms with E-state index in [0.717, 1.165) is 47.8 Å². The summed E-state index contributed by atoms with van der Waals surface area (Å²) in [6.45, 7) is 4.22. The zero-order valence-electron chi connectivity index (χ0n) is 22.3. The van der Waals surface area contributed by atoms with Gasteiger partial charge in [0.15, 0.2) is 0 Å². The maximum absolute atomic E-state index is 11.7. The zero-order chi connectivity index (χ0) is 27.1. The highest BCUT2D eigenvalue weighted by molar-refractivity contribution is 6.30. The van der Waals surface area contributed by atoms with Crippen molar-refractivity contribution in [1.29, 1.82) is 0 Å². The molecule has 1 N–H and O–H groups in total. The Morgan fingerprint density at radius 1 is 1.18 bits per heavy atom. The summed E-state index contributed by atoms with van der Waals surface area (Å²) < 4.78 is 18.6. The number of aromatic nitrogens is 6. The molecule has 0 unspecified atom stereocenters. The van der Waals surface area contributed by atoms with Crippen LogP contribution in [0.25, 0.3) is 33.8 Å². The molecule has 1 saturated heterocycles. The van der Waals surface area contributed by atoms with Crippen molar-refractivity contribution in [2.45, 2.75) is 51.3 Å². The number of nitrogens with one attached hydrogen (secondary N) is 1.